The van der Waals surface area contributed by atoms with Crippen LogP contribution >= 0.6 is 0 Å². The number of aromatic nitrogens is 2. The zero-order valence-electron chi connectivity index (χ0n) is 16.4. The Labute approximate surface area is 175 Å². The molecule has 148 valence electrons. The summed E-state index contributed by atoms with van der Waals surface area (Å²) in [7, 11) is 0. The summed E-state index contributed by atoms with van der Waals surface area (Å²) in [6.07, 6.45) is 5.23. The Morgan fingerprint density at radius 3 is 2.07 bits per heavy atom. The average Bonchev–Trinajstić information content (AvgIpc) is 2.83. The van der Waals surface area contributed by atoms with Crippen LogP contribution in [0.1, 0.15) is 22.7 Å². The second-order valence-corrected chi connectivity index (χ2v) is 6.87. The van der Waals surface area contributed by atoms with E-state index in [9.17, 15) is 4.79 Å². The fourth-order valence-corrected chi connectivity index (χ4v) is 3.28. The van der Waals surface area contributed by atoms with E-state index in [-0.39, 0.29) is 12.1 Å². The maximum atomic E-state index is 12.7. The Kier molecular flexibility index (Phi) is 6.11. The molecule has 2 heterocycles. The number of nitrogens with zero attached hydrogens (tertiary/aromatic N) is 2. The third-order valence-electron chi connectivity index (χ3n) is 4.79. The minimum Gasteiger partial charge on any atom is -0.334 e. The summed E-state index contributed by atoms with van der Waals surface area (Å²) in [6, 6.07) is 27.1. The molecule has 0 radical (unpaired) electrons. The molecule has 0 fully saturated rings. The Morgan fingerprint density at radius 2 is 1.43 bits per heavy atom. The van der Waals surface area contributed by atoms with Crippen molar-refractivity contribution in [1.82, 2.24) is 20.6 Å². The van der Waals surface area contributed by atoms with Gasteiger partial charge in [0.2, 0.25) is 0 Å². The predicted octanol–water partition coefficient (Wildman–Crippen LogP) is 4.73. The number of benzene rings is 2. The van der Waals surface area contributed by atoms with Gasteiger partial charge in [0.15, 0.2) is 0 Å². The molecule has 0 bridgehead atoms. The molecule has 5 nitrogen and oxygen atoms in total. The number of nitrogens with one attached hydrogen (secondary N) is 2. The summed E-state index contributed by atoms with van der Waals surface area (Å²) >= 11 is 0. The van der Waals surface area contributed by atoms with Crippen LogP contribution in [0.3, 0.4) is 0 Å². The summed E-state index contributed by atoms with van der Waals surface area (Å²) in [6.45, 7) is 0.405. The second kappa shape index (κ2) is 9.47. The molecule has 0 aliphatic rings. The molecule has 0 saturated heterocycles. The third kappa shape index (κ3) is 4.89. The second-order valence-electron chi connectivity index (χ2n) is 6.87. The topological polar surface area (TPSA) is 66.9 Å². The molecule has 4 rings (SSSR count). The summed E-state index contributed by atoms with van der Waals surface area (Å²) in [4.78, 5) is 21.1. The first kappa shape index (κ1) is 19.3. The highest BCUT2D eigenvalue weighted by atomic mass is 16.2. The van der Waals surface area contributed by atoms with E-state index in [4.69, 9.17) is 0 Å². The van der Waals surface area contributed by atoms with E-state index in [1.807, 2.05) is 84.9 Å². The molecule has 2 aromatic carbocycles. The average molecular weight is 394 g/mol. The molecule has 30 heavy (non-hydrogen) atoms. The number of rotatable bonds is 6. The number of urea groups is 1. The Morgan fingerprint density at radius 1 is 0.800 bits per heavy atom. The van der Waals surface area contributed by atoms with Crippen LogP contribution in [0.2, 0.25) is 0 Å². The van der Waals surface area contributed by atoms with Gasteiger partial charge in [0.1, 0.15) is 0 Å². The summed E-state index contributed by atoms with van der Waals surface area (Å²) in [5.74, 6) is 0. The van der Waals surface area contributed by atoms with Crippen molar-refractivity contribution in [2.24, 2.45) is 0 Å². The first-order valence-electron chi connectivity index (χ1n) is 9.79. The van der Waals surface area contributed by atoms with Gasteiger partial charge in [-0.3, -0.25) is 9.97 Å². The van der Waals surface area contributed by atoms with Crippen molar-refractivity contribution in [2.75, 3.05) is 0 Å². The van der Waals surface area contributed by atoms with Crippen LogP contribution in [0.25, 0.3) is 11.3 Å². The van der Waals surface area contributed by atoms with E-state index in [2.05, 4.69) is 20.6 Å². The number of carbonyl (C=O) groups excluding carboxylic acids is 1. The zero-order valence-corrected chi connectivity index (χ0v) is 16.4. The van der Waals surface area contributed by atoms with Crippen molar-refractivity contribution in [3.8, 4) is 11.3 Å². The Hall–Kier alpha value is -3.99. The molecule has 2 aromatic heterocycles. The normalized spacial score (nSPS) is 10.6. The largest absolute Gasteiger partial charge is 0.334 e. The minimum absolute atomic E-state index is 0.225. The molecule has 0 spiro atoms. The third-order valence-corrected chi connectivity index (χ3v) is 4.79. The van der Waals surface area contributed by atoms with Gasteiger partial charge in [-0.25, -0.2) is 4.79 Å². The molecular weight excluding hydrogens is 372 g/mol. The van der Waals surface area contributed by atoms with Gasteiger partial charge in [-0.1, -0.05) is 60.7 Å². The lowest BCUT2D eigenvalue weighted by molar-refractivity contribution is 0.238. The standard InChI is InChI=1S/C25H22N4O/c30-25(28-18-19-11-16-27-23(17-19)20-12-14-26-15-13-20)29-24(21-7-3-1-4-8-21)22-9-5-2-6-10-22/h1-17,24H,18H2,(H2,28,29,30). The highest BCUT2D eigenvalue weighted by Gasteiger charge is 2.16. The maximum Gasteiger partial charge on any atom is 0.315 e. The fourth-order valence-electron chi connectivity index (χ4n) is 3.28. The van der Waals surface area contributed by atoms with E-state index < -0.39 is 0 Å². The van der Waals surface area contributed by atoms with Crippen molar-refractivity contribution in [3.05, 3.63) is 120 Å². The van der Waals surface area contributed by atoms with Gasteiger partial charge in [0.25, 0.3) is 0 Å². The van der Waals surface area contributed by atoms with E-state index in [1.165, 1.54) is 0 Å². The van der Waals surface area contributed by atoms with Crippen LogP contribution in [0, 0.1) is 0 Å². The van der Waals surface area contributed by atoms with Crippen molar-refractivity contribution < 1.29 is 4.79 Å². The van der Waals surface area contributed by atoms with Crippen LogP contribution in [0.4, 0.5) is 4.79 Å². The number of hydrogen-bond donors (Lipinski definition) is 2. The SMILES string of the molecule is O=C(NCc1ccnc(-c2ccncc2)c1)NC(c1ccccc1)c1ccccc1. The quantitative estimate of drug-likeness (QED) is 0.497. The van der Waals surface area contributed by atoms with Crippen molar-refractivity contribution >= 4 is 6.03 Å². The van der Waals surface area contributed by atoms with Gasteiger partial charge in [-0.2, -0.15) is 0 Å². The minimum atomic E-state index is -0.227. The highest BCUT2D eigenvalue weighted by molar-refractivity contribution is 5.75. The molecule has 5 heteroatoms. The predicted molar refractivity (Wildman–Crippen MR) is 118 cm³/mol. The molecule has 0 atom stereocenters. The first-order valence-corrected chi connectivity index (χ1v) is 9.79. The first-order chi connectivity index (χ1) is 14.8. The lowest BCUT2D eigenvalue weighted by Crippen LogP contribution is -2.38. The van der Waals surface area contributed by atoms with Gasteiger partial charge >= 0.3 is 6.03 Å². The molecule has 0 aliphatic carbocycles. The van der Waals surface area contributed by atoms with Crippen LogP contribution in [0.5, 0.6) is 0 Å². The van der Waals surface area contributed by atoms with Gasteiger partial charge < -0.3 is 10.6 Å². The lowest BCUT2D eigenvalue weighted by Gasteiger charge is -2.20. The Balaban J connectivity index is 1.45. The molecule has 4 aromatic rings. The molecular formula is C25H22N4O. The highest BCUT2D eigenvalue weighted by Crippen LogP contribution is 2.21. The van der Waals surface area contributed by atoms with E-state index in [0.29, 0.717) is 6.54 Å². The molecule has 2 N–H and O–H groups in total. The van der Waals surface area contributed by atoms with Crippen LogP contribution in [0.15, 0.2) is 104 Å². The van der Waals surface area contributed by atoms with Crippen LogP contribution in [-0.4, -0.2) is 16.0 Å². The van der Waals surface area contributed by atoms with Crippen molar-refractivity contribution in [2.45, 2.75) is 12.6 Å². The molecule has 0 unspecified atom stereocenters. The van der Waals surface area contributed by atoms with Gasteiger partial charge in [-0.15, -0.1) is 0 Å². The number of hydrogen-bond acceptors (Lipinski definition) is 3. The summed E-state index contributed by atoms with van der Waals surface area (Å²) in [5, 5.41) is 6.05. The number of pyridine rings is 2. The summed E-state index contributed by atoms with van der Waals surface area (Å²) in [5.41, 5.74) is 4.88. The van der Waals surface area contributed by atoms with E-state index in [1.54, 1.807) is 18.6 Å². The van der Waals surface area contributed by atoms with Gasteiger partial charge in [0, 0.05) is 30.7 Å². The maximum absolute atomic E-state index is 12.7. The van der Waals surface area contributed by atoms with E-state index >= 15 is 0 Å². The monoisotopic (exact) mass is 394 g/mol. The van der Waals surface area contributed by atoms with Gasteiger partial charge in [-0.05, 0) is 41.0 Å². The van der Waals surface area contributed by atoms with Crippen molar-refractivity contribution in [3.63, 3.8) is 0 Å². The molecule has 0 aliphatic heterocycles. The van der Waals surface area contributed by atoms with Crippen molar-refractivity contribution in [1.29, 1.82) is 0 Å². The smallest absolute Gasteiger partial charge is 0.315 e. The molecule has 0 saturated carbocycles. The van der Waals surface area contributed by atoms with Crippen LogP contribution in [-0.2, 0) is 6.54 Å². The van der Waals surface area contributed by atoms with E-state index in [0.717, 1.165) is 27.9 Å². The van der Waals surface area contributed by atoms with Gasteiger partial charge in [0.05, 0.1) is 11.7 Å². The lowest BCUT2D eigenvalue weighted by atomic mass is 9.99. The zero-order chi connectivity index (χ0) is 20.6. The number of carbonyl (C=O) groups is 1. The molecule has 2 amide bonds. The summed E-state index contributed by atoms with van der Waals surface area (Å²) < 4.78 is 0. The van der Waals surface area contributed by atoms with Crippen LogP contribution < -0.4 is 10.6 Å². The number of amides is 2. The fraction of sp³-hybridized carbons (Fsp3) is 0.0800. The Bertz CT molecular complexity index is 1050.